The molecule has 2 bridgehead atoms. The van der Waals surface area contributed by atoms with Crippen molar-refractivity contribution in [1.29, 1.82) is 0 Å². The molecule has 0 saturated carbocycles. The number of rotatable bonds is 2. The largest absolute Gasteiger partial charge is 0.507 e. The summed E-state index contributed by atoms with van der Waals surface area (Å²) in [5.41, 5.74) is 1.37. The average Bonchev–Trinajstić information content (AvgIpc) is 2.40. The number of piperazine rings is 1. The molecular weight excluding hydrogens is 216 g/mol. The van der Waals surface area contributed by atoms with Gasteiger partial charge in [-0.1, -0.05) is 0 Å². The van der Waals surface area contributed by atoms with Crippen LogP contribution in [0.1, 0.15) is 23.2 Å². The van der Waals surface area contributed by atoms with E-state index >= 15 is 0 Å². The SMILES string of the molecule is O=Cc1ccc(N2CC3CCC2CN3)cc1O. The van der Waals surface area contributed by atoms with E-state index in [1.165, 1.54) is 12.8 Å². The Kier molecular flexibility index (Phi) is 2.52. The molecule has 3 saturated heterocycles. The number of aldehydes is 1. The second kappa shape index (κ2) is 4.04. The first-order valence-corrected chi connectivity index (χ1v) is 6.06. The van der Waals surface area contributed by atoms with Gasteiger partial charge in [0.1, 0.15) is 5.75 Å². The van der Waals surface area contributed by atoms with Crippen molar-refractivity contribution in [3.63, 3.8) is 0 Å². The Labute approximate surface area is 100 Å². The fraction of sp³-hybridized carbons (Fsp3) is 0.462. The molecule has 4 nitrogen and oxygen atoms in total. The molecule has 2 N–H and O–H groups in total. The molecule has 4 rings (SSSR count). The standard InChI is InChI=1S/C13H16N2O2/c16-8-9-1-3-11(5-13(9)17)15-7-10-2-4-12(15)6-14-10/h1,3,5,8,10,12,14,17H,2,4,6-7H2. The number of fused-ring (bicyclic) bond motifs is 3. The van der Waals surface area contributed by atoms with Crippen LogP contribution in [0, 0.1) is 0 Å². The van der Waals surface area contributed by atoms with E-state index in [2.05, 4.69) is 10.2 Å². The maximum absolute atomic E-state index is 10.7. The van der Waals surface area contributed by atoms with Crippen molar-refractivity contribution in [3.05, 3.63) is 23.8 Å². The zero-order valence-electron chi connectivity index (χ0n) is 9.60. The Morgan fingerprint density at radius 1 is 1.41 bits per heavy atom. The van der Waals surface area contributed by atoms with Gasteiger partial charge in [0.25, 0.3) is 0 Å². The lowest BCUT2D eigenvalue weighted by molar-refractivity contribution is 0.112. The maximum atomic E-state index is 10.7. The van der Waals surface area contributed by atoms with E-state index in [1.807, 2.05) is 6.07 Å². The van der Waals surface area contributed by atoms with Gasteiger partial charge in [-0.2, -0.15) is 0 Å². The first-order valence-electron chi connectivity index (χ1n) is 6.06. The smallest absolute Gasteiger partial charge is 0.153 e. The number of hydrogen-bond acceptors (Lipinski definition) is 4. The Balaban J connectivity index is 1.89. The Hall–Kier alpha value is -1.55. The number of hydrogen-bond donors (Lipinski definition) is 2. The molecule has 1 aromatic carbocycles. The fourth-order valence-electron chi connectivity index (χ4n) is 2.84. The quantitative estimate of drug-likeness (QED) is 0.751. The summed E-state index contributed by atoms with van der Waals surface area (Å²) in [4.78, 5) is 13.0. The predicted octanol–water partition coefficient (Wildman–Crippen LogP) is 1.15. The number of carbonyl (C=O) groups excluding carboxylic acids is 1. The van der Waals surface area contributed by atoms with Crippen molar-refractivity contribution < 1.29 is 9.90 Å². The second-order valence-electron chi connectivity index (χ2n) is 4.85. The van der Waals surface area contributed by atoms with Gasteiger partial charge in [-0.25, -0.2) is 0 Å². The average molecular weight is 232 g/mol. The summed E-state index contributed by atoms with van der Waals surface area (Å²) in [7, 11) is 0. The molecule has 90 valence electrons. The van der Waals surface area contributed by atoms with Gasteiger partial charge in [0, 0.05) is 36.9 Å². The third-order valence-corrected chi connectivity index (χ3v) is 3.82. The minimum Gasteiger partial charge on any atom is -0.507 e. The summed E-state index contributed by atoms with van der Waals surface area (Å²) in [6.07, 6.45) is 3.12. The first kappa shape index (κ1) is 10.6. The highest BCUT2D eigenvalue weighted by Gasteiger charge is 2.33. The number of piperidine rings is 2. The molecule has 4 heteroatoms. The van der Waals surface area contributed by atoms with Gasteiger partial charge >= 0.3 is 0 Å². The molecule has 3 aliphatic rings. The van der Waals surface area contributed by atoms with Crippen LogP contribution < -0.4 is 10.2 Å². The number of anilines is 1. The minimum atomic E-state index is 0.0758. The van der Waals surface area contributed by atoms with Crippen molar-refractivity contribution in [2.24, 2.45) is 0 Å². The third kappa shape index (κ3) is 1.78. The lowest BCUT2D eigenvalue weighted by atomic mass is 9.92. The van der Waals surface area contributed by atoms with Gasteiger partial charge in [-0.3, -0.25) is 4.79 Å². The topological polar surface area (TPSA) is 52.6 Å². The highest BCUT2D eigenvalue weighted by molar-refractivity contribution is 5.80. The normalized spacial score (nSPS) is 27.2. The number of benzene rings is 1. The first-order chi connectivity index (χ1) is 8.28. The molecule has 0 aromatic heterocycles. The number of carbonyl (C=O) groups is 1. The molecule has 17 heavy (non-hydrogen) atoms. The Morgan fingerprint density at radius 2 is 2.29 bits per heavy atom. The molecule has 2 atom stereocenters. The van der Waals surface area contributed by atoms with Crippen molar-refractivity contribution >= 4 is 12.0 Å². The van der Waals surface area contributed by atoms with Gasteiger partial charge in [0.2, 0.25) is 0 Å². The highest BCUT2D eigenvalue weighted by atomic mass is 16.3. The van der Waals surface area contributed by atoms with Crippen molar-refractivity contribution in [3.8, 4) is 5.75 Å². The van der Waals surface area contributed by atoms with Crippen molar-refractivity contribution in [2.75, 3.05) is 18.0 Å². The maximum Gasteiger partial charge on any atom is 0.153 e. The van der Waals surface area contributed by atoms with Crippen molar-refractivity contribution in [2.45, 2.75) is 24.9 Å². The molecule has 0 radical (unpaired) electrons. The summed E-state index contributed by atoms with van der Waals surface area (Å²) >= 11 is 0. The number of phenolic OH excluding ortho intramolecular Hbond substituents is 1. The van der Waals surface area contributed by atoms with Crippen LogP contribution in [0.2, 0.25) is 0 Å². The molecule has 0 amide bonds. The minimum absolute atomic E-state index is 0.0758. The van der Waals surface area contributed by atoms with E-state index in [1.54, 1.807) is 12.1 Å². The van der Waals surface area contributed by atoms with Crippen LogP contribution in [-0.4, -0.2) is 36.6 Å². The van der Waals surface area contributed by atoms with E-state index in [0.717, 1.165) is 18.8 Å². The number of nitrogens with zero attached hydrogens (tertiary/aromatic N) is 1. The molecule has 0 aliphatic carbocycles. The summed E-state index contributed by atoms with van der Waals surface area (Å²) < 4.78 is 0. The lowest BCUT2D eigenvalue weighted by Gasteiger charge is -2.47. The van der Waals surface area contributed by atoms with Crippen LogP contribution in [0.3, 0.4) is 0 Å². The number of nitrogens with one attached hydrogen (secondary N) is 1. The zero-order chi connectivity index (χ0) is 11.8. The molecule has 3 fully saturated rings. The molecule has 2 unspecified atom stereocenters. The van der Waals surface area contributed by atoms with Crippen molar-refractivity contribution in [1.82, 2.24) is 5.32 Å². The molecule has 0 spiro atoms. The second-order valence-corrected chi connectivity index (χ2v) is 4.85. The number of phenols is 1. The van der Waals surface area contributed by atoms with E-state index in [9.17, 15) is 9.90 Å². The van der Waals surface area contributed by atoms with E-state index in [4.69, 9.17) is 0 Å². The third-order valence-electron chi connectivity index (χ3n) is 3.82. The lowest BCUT2D eigenvalue weighted by Crippen LogP contribution is -2.61. The molecular formula is C13H16N2O2. The van der Waals surface area contributed by atoms with E-state index in [-0.39, 0.29) is 5.75 Å². The number of aromatic hydroxyl groups is 1. The molecule has 3 heterocycles. The summed E-state index contributed by atoms with van der Waals surface area (Å²) in [6, 6.07) is 6.39. The van der Waals surface area contributed by atoms with Gasteiger partial charge in [-0.15, -0.1) is 0 Å². The monoisotopic (exact) mass is 232 g/mol. The Bertz CT molecular complexity index is 439. The fourth-order valence-corrected chi connectivity index (χ4v) is 2.84. The van der Waals surface area contributed by atoms with Gasteiger partial charge < -0.3 is 15.3 Å². The van der Waals surface area contributed by atoms with Crippen LogP contribution in [0.4, 0.5) is 5.69 Å². The van der Waals surface area contributed by atoms with E-state index in [0.29, 0.717) is 23.9 Å². The van der Waals surface area contributed by atoms with Crippen LogP contribution in [0.5, 0.6) is 5.75 Å². The molecule has 3 aliphatic heterocycles. The van der Waals surface area contributed by atoms with Crippen LogP contribution in [-0.2, 0) is 0 Å². The Morgan fingerprint density at radius 3 is 2.82 bits per heavy atom. The summed E-state index contributed by atoms with van der Waals surface area (Å²) in [6.45, 7) is 2.01. The van der Waals surface area contributed by atoms with Gasteiger partial charge in [-0.05, 0) is 25.0 Å². The molecule has 1 aromatic rings. The van der Waals surface area contributed by atoms with Gasteiger partial charge in [0.05, 0.1) is 5.56 Å². The van der Waals surface area contributed by atoms with E-state index < -0.39 is 0 Å². The van der Waals surface area contributed by atoms with Gasteiger partial charge in [0.15, 0.2) is 6.29 Å². The zero-order valence-corrected chi connectivity index (χ0v) is 9.60. The van der Waals surface area contributed by atoms with Crippen LogP contribution in [0.15, 0.2) is 18.2 Å². The predicted molar refractivity (Wildman–Crippen MR) is 65.7 cm³/mol. The van der Waals surface area contributed by atoms with Crippen LogP contribution >= 0.6 is 0 Å². The summed E-state index contributed by atoms with van der Waals surface area (Å²) in [5.74, 6) is 0.0758. The summed E-state index contributed by atoms with van der Waals surface area (Å²) in [5, 5.41) is 13.2. The highest BCUT2D eigenvalue weighted by Crippen LogP contribution is 2.31. The van der Waals surface area contributed by atoms with Crippen LogP contribution in [0.25, 0.3) is 0 Å².